The van der Waals surface area contributed by atoms with Crippen LogP contribution in [0.25, 0.3) is 0 Å². The predicted molar refractivity (Wildman–Crippen MR) is 62.7 cm³/mol. The van der Waals surface area contributed by atoms with Gasteiger partial charge < -0.3 is 4.74 Å². The molecule has 0 aromatic rings. The molecule has 0 aliphatic rings. The van der Waals surface area contributed by atoms with E-state index in [9.17, 15) is 4.79 Å². The van der Waals surface area contributed by atoms with Crippen molar-refractivity contribution in [2.45, 2.75) is 40.5 Å². The van der Waals surface area contributed by atoms with Gasteiger partial charge >= 0.3 is 5.97 Å². The number of carbonyl (C=O) groups is 1. The lowest BCUT2D eigenvalue weighted by atomic mass is 9.84. The molecule has 14 heavy (non-hydrogen) atoms. The second kappa shape index (κ2) is 6.33. The van der Waals surface area contributed by atoms with Gasteiger partial charge in [0.1, 0.15) is 0 Å². The summed E-state index contributed by atoms with van der Waals surface area (Å²) < 4.78 is 4.96. The third-order valence-electron chi connectivity index (χ3n) is 1.96. The van der Waals surface area contributed by atoms with Gasteiger partial charge in [-0.2, -0.15) is 12.6 Å². The summed E-state index contributed by atoms with van der Waals surface area (Å²) in [5.41, 5.74) is 0.354. The van der Waals surface area contributed by atoms with Gasteiger partial charge in [-0.25, -0.2) is 0 Å². The molecule has 2 nitrogen and oxygen atoms in total. The highest BCUT2D eigenvalue weighted by Gasteiger charge is 2.15. The van der Waals surface area contributed by atoms with Gasteiger partial charge in [-0.3, -0.25) is 4.79 Å². The molecular weight excluding hydrogens is 196 g/mol. The predicted octanol–water partition coefficient (Wildman–Crippen LogP) is 2.92. The number of rotatable bonds is 5. The third kappa shape index (κ3) is 8.42. The summed E-state index contributed by atoms with van der Waals surface area (Å²) in [7, 11) is 0. The highest BCUT2D eigenvalue weighted by molar-refractivity contribution is 7.81. The van der Waals surface area contributed by atoms with E-state index >= 15 is 0 Å². The van der Waals surface area contributed by atoms with Gasteiger partial charge in [0.2, 0.25) is 0 Å². The van der Waals surface area contributed by atoms with E-state index in [-0.39, 0.29) is 11.7 Å². The third-order valence-corrected chi connectivity index (χ3v) is 2.22. The summed E-state index contributed by atoms with van der Waals surface area (Å²) in [6.07, 6.45) is 2.10. The molecule has 0 saturated heterocycles. The van der Waals surface area contributed by atoms with Crippen LogP contribution in [0, 0.1) is 11.3 Å². The van der Waals surface area contributed by atoms with Crippen LogP contribution in [-0.4, -0.2) is 18.3 Å². The van der Waals surface area contributed by atoms with E-state index < -0.39 is 0 Å². The van der Waals surface area contributed by atoms with Crippen molar-refractivity contribution in [1.82, 2.24) is 0 Å². The molecule has 0 heterocycles. The van der Waals surface area contributed by atoms with Crippen LogP contribution in [0.3, 0.4) is 0 Å². The molecule has 0 bridgehead atoms. The lowest BCUT2D eigenvalue weighted by Crippen LogP contribution is -2.14. The minimum Gasteiger partial charge on any atom is -0.465 e. The fourth-order valence-electron chi connectivity index (χ4n) is 1.57. The van der Waals surface area contributed by atoms with Gasteiger partial charge in [-0.15, -0.1) is 0 Å². The topological polar surface area (TPSA) is 26.3 Å². The molecule has 0 fully saturated rings. The van der Waals surface area contributed by atoms with E-state index in [0.29, 0.717) is 17.9 Å². The first-order chi connectivity index (χ1) is 6.35. The van der Waals surface area contributed by atoms with Crippen molar-refractivity contribution in [3.63, 3.8) is 0 Å². The Hall–Kier alpha value is -0.180. The first kappa shape index (κ1) is 13.8. The molecule has 1 unspecified atom stereocenters. The van der Waals surface area contributed by atoms with Crippen LogP contribution in [0.2, 0.25) is 0 Å². The molecule has 0 radical (unpaired) electrons. The number of ether oxygens (including phenoxy) is 1. The number of thiol groups is 1. The van der Waals surface area contributed by atoms with E-state index in [0.717, 1.165) is 12.8 Å². The lowest BCUT2D eigenvalue weighted by Gasteiger charge is -2.22. The van der Waals surface area contributed by atoms with Crippen LogP contribution in [0.4, 0.5) is 0 Å². The van der Waals surface area contributed by atoms with E-state index in [4.69, 9.17) is 4.74 Å². The Bertz CT molecular complexity index is 173. The molecule has 3 heteroatoms. The van der Waals surface area contributed by atoms with E-state index in [2.05, 4.69) is 40.3 Å². The second-order valence-corrected chi connectivity index (χ2v) is 5.35. The number of carbonyl (C=O) groups excluding carboxylic acids is 1. The summed E-state index contributed by atoms with van der Waals surface area (Å²) in [4.78, 5) is 10.8. The Balaban J connectivity index is 3.54. The van der Waals surface area contributed by atoms with Gasteiger partial charge in [-0.1, -0.05) is 27.7 Å². The van der Waals surface area contributed by atoms with Crippen molar-refractivity contribution < 1.29 is 9.53 Å². The molecule has 0 aromatic carbocycles. The summed E-state index contributed by atoms with van der Waals surface area (Å²) in [6.45, 7) is 9.39. The van der Waals surface area contributed by atoms with Gasteiger partial charge in [0.25, 0.3) is 0 Å². The fraction of sp³-hybridized carbons (Fsp3) is 0.909. The SMILES string of the molecule is CC(CCOC(=O)CS)CC(C)(C)C. The summed E-state index contributed by atoms with van der Waals surface area (Å²) in [5.74, 6) is 0.548. The van der Waals surface area contributed by atoms with E-state index in [1.807, 2.05) is 0 Å². The van der Waals surface area contributed by atoms with Crippen molar-refractivity contribution in [3.05, 3.63) is 0 Å². The van der Waals surface area contributed by atoms with Crippen molar-refractivity contribution >= 4 is 18.6 Å². The maximum absolute atomic E-state index is 10.8. The number of esters is 1. The highest BCUT2D eigenvalue weighted by atomic mass is 32.1. The fourth-order valence-corrected chi connectivity index (χ4v) is 1.66. The summed E-state index contributed by atoms with van der Waals surface area (Å²) in [6, 6.07) is 0. The zero-order valence-electron chi connectivity index (χ0n) is 9.67. The quantitative estimate of drug-likeness (QED) is 0.567. The van der Waals surface area contributed by atoms with Gasteiger partial charge in [0.15, 0.2) is 0 Å². The molecular formula is C11H22O2S. The molecule has 1 atom stereocenters. The first-order valence-corrected chi connectivity index (χ1v) is 5.75. The standard InChI is InChI=1S/C11H22O2S/c1-9(7-11(2,3)4)5-6-13-10(12)8-14/h9,14H,5-8H2,1-4H3. The normalized spacial score (nSPS) is 13.8. The Kier molecular flexibility index (Phi) is 6.25. The maximum Gasteiger partial charge on any atom is 0.315 e. The van der Waals surface area contributed by atoms with Crippen molar-refractivity contribution in [2.24, 2.45) is 11.3 Å². The maximum atomic E-state index is 10.8. The molecule has 0 aromatic heterocycles. The van der Waals surface area contributed by atoms with Crippen LogP contribution in [0.1, 0.15) is 40.5 Å². The summed E-state index contributed by atoms with van der Waals surface area (Å²) in [5, 5.41) is 0. The summed E-state index contributed by atoms with van der Waals surface area (Å²) >= 11 is 3.83. The first-order valence-electron chi connectivity index (χ1n) is 5.11. The lowest BCUT2D eigenvalue weighted by molar-refractivity contribution is -0.140. The zero-order valence-corrected chi connectivity index (χ0v) is 10.6. The minimum absolute atomic E-state index is 0.174. The number of hydrogen-bond donors (Lipinski definition) is 1. The minimum atomic E-state index is -0.226. The Labute approximate surface area is 92.8 Å². The molecule has 0 N–H and O–H groups in total. The van der Waals surface area contributed by atoms with Crippen molar-refractivity contribution in [1.29, 1.82) is 0 Å². The van der Waals surface area contributed by atoms with Crippen LogP contribution in [-0.2, 0) is 9.53 Å². The molecule has 0 aliphatic heterocycles. The van der Waals surface area contributed by atoms with Crippen LogP contribution < -0.4 is 0 Å². The van der Waals surface area contributed by atoms with Crippen LogP contribution in [0.5, 0.6) is 0 Å². The molecule has 0 rings (SSSR count). The Morgan fingerprint density at radius 1 is 1.43 bits per heavy atom. The zero-order chi connectivity index (χ0) is 11.2. The van der Waals surface area contributed by atoms with Gasteiger partial charge in [0.05, 0.1) is 12.4 Å². The van der Waals surface area contributed by atoms with Crippen molar-refractivity contribution in [3.8, 4) is 0 Å². The van der Waals surface area contributed by atoms with Gasteiger partial charge in [-0.05, 0) is 24.2 Å². The second-order valence-electron chi connectivity index (χ2n) is 5.04. The average Bonchev–Trinajstić information content (AvgIpc) is 2.00. The molecule has 0 aliphatic carbocycles. The molecule has 0 amide bonds. The van der Waals surface area contributed by atoms with Crippen LogP contribution in [0.15, 0.2) is 0 Å². The Morgan fingerprint density at radius 2 is 2.00 bits per heavy atom. The van der Waals surface area contributed by atoms with E-state index in [1.54, 1.807) is 0 Å². The molecule has 84 valence electrons. The monoisotopic (exact) mass is 218 g/mol. The van der Waals surface area contributed by atoms with E-state index in [1.165, 1.54) is 0 Å². The van der Waals surface area contributed by atoms with Crippen LogP contribution >= 0.6 is 12.6 Å². The van der Waals surface area contributed by atoms with Gasteiger partial charge in [0, 0.05) is 0 Å². The van der Waals surface area contributed by atoms with Crippen molar-refractivity contribution in [2.75, 3.05) is 12.4 Å². The Morgan fingerprint density at radius 3 is 2.43 bits per heavy atom. The highest BCUT2D eigenvalue weighted by Crippen LogP contribution is 2.25. The largest absolute Gasteiger partial charge is 0.465 e. The molecule has 0 spiro atoms. The number of hydrogen-bond acceptors (Lipinski definition) is 3. The molecule has 0 saturated carbocycles. The smallest absolute Gasteiger partial charge is 0.315 e. The average molecular weight is 218 g/mol.